The van der Waals surface area contributed by atoms with Gasteiger partial charge in [-0.3, -0.25) is 0 Å². The van der Waals surface area contributed by atoms with Crippen molar-refractivity contribution >= 4 is 29.6 Å². The van der Waals surface area contributed by atoms with Gasteiger partial charge in [-0.05, 0) is 44.5 Å². The topological polar surface area (TPSA) is 41.1 Å². The Balaban J connectivity index is 2.24. The molecule has 0 heterocycles. The van der Waals surface area contributed by atoms with E-state index in [4.69, 9.17) is 0 Å². The summed E-state index contributed by atoms with van der Waals surface area (Å²) < 4.78 is 0. The third kappa shape index (κ3) is 5.42. The summed E-state index contributed by atoms with van der Waals surface area (Å²) in [4.78, 5) is 11.8. The predicted molar refractivity (Wildman–Crippen MR) is 79.1 cm³/mol. The molecule has 1 fully saturated rings. The van der Waals surface area contributed by atoms with E-state index in [9.17, 15) is 4.79 Å². The number of urea groups is 1. The highest BCUT2D eigenvalue weighted by atomic mass is 32.2. The number of thioether (sulfide) groups is 2. The molecule has 0 spiro atoms. The normalized spacial score (nSPS) is 25.6. The molecule has 3 nitrogen and oxygen atoms in total. The lowest BCUT2D eigenvalue weighted by molar-refractivity contribution is 0.234. The molecule has 2 N–H and O–H groups in total. The number of carbonyl (C=O) groups excluding carboxylic acids is 1. The van der Waals surface area contributed by atoms with Crippen LogP contribution in [0.2, 0.25) is 0 Å². The first-order valence-electron chi connectivity index (χ1n) is 6.26. The average molecular weight is 276 g/mol. The highest BCUT2D eigenvalue weighted by molar-refractivity contribution is 7.99. The van der Waals surface area contributed by atoms with Gasteiger partial charge in [0, 0.05) is 17.3 Å². The van der Waals surface area contributed by atoms with E-state index in [0.29, 0.717) is 11.3 Å². The zero-order valence-corrected chi connectivity index (χ0v) is 12.6. The van der Waals surface area contributed by atoms with Gasteiger partial charge >= 0.3 is 6.03 Å². The third-order valence-corrected chi connectivity index (χ3v) is 5.02. The highest BCUT2D eigenvalue weighted by Gasteiger charge is 2.27. The van der Waals surface area contributed by atoms with Crippen molar-refractivity contribution in [3.63, 3.8) is 0 Å². The monoisotopic (exact) mass is 276 g/mol. The number of hydrogen-bond acceptors (Lipinski definition) is 3. The number of rotatable bonds is 6. The van der Waals surface area contributed by atoms with E-state index in [0.717, 1.165) is 18.6 Å². The molecule has 0 bridgehead atoms. The molecular weight excluding hydrogens is 252 g/mol. The quantitative estimate of drug-likeness (QED) is 0.784. The van der Waals surface area contributed by atoms with Crippen LogP contribution in [0.4, 0.5) is 4.79 Å². The van der Waals surface area contributed by atoms with Crippen molar-refractivity contribution in [1.29, 1.82) is 0 Å². The number of hydrogen-bond donors (Lipinski definition) is 2. The Labute approximate surface area is 113 Å². The first kappa shape index (κ1) is 15.0. The molecule has 17 heavy (non-hydrogen) atoms. The van der Waals surface area contributed by atoms with Crippen LogP contribution in [0.25, 0.3) is 0 Å². The Bertz CT molecular complexity index is 239. The van der Waals surface area contributed by atoms with Crippen LogP contribution in [0.3, 0.4) is 0 Å². The Kier molecular flexibility index (Phi) is 7.19. The zero-order valence-electron chi connectivity index (χ0n) is 11.0. The predicted octanol–water partition coefficient (Wildman–Crippen LogP) is 2.71. The van der Waals surface area contributed by atoms with Crippen molar-refractivity contribution < 1.29 is 4.79 Å². The van der Waals surface area contributed by atoms with Crippen LogP contribution in [0.5, 0.6) is 0 Å². The molecule has 0 aromatic carbocycles. The zero-order chi connectivity index (χ0) is 12.7. The number of amides is 2. The highest BCUT2D eigenvalue weighted by Crippen LogP contribution is 2.28. The van der Waals surface area contributed by atoms with E-state index in [2.05, 4.69) is 30.1 Å². The van der Waals surface area contributed by atoms with Gasteiger partial charge in [0.15, 0.2) is 0 Å². The summed E-state index contributed by atoms with van der Waals surface area (Å²) in [7, 11) is 0. The van der Waals surface area contributed by atoms with Gasteiger partial charge in [0.25, 0.3) is 0 Å². The van der Waals surface area contributed by atoms with Crippen LogP contribution in [0, 0.1) is 0 Å². The van der Waals surface area contributed by atoms with Gasteiger partial charge in [-0.25, -0.2) is 4.79 Å². The second-order valence-electron chi connectivity index (χ2n) is 4.61. The van der Waals surface area contributed by atoms with Gasteiger partial charge in [0.2, 0.25) is 0 Å². The minimum Gasteiger partial charge on any atom is -0.336 e. The fourth-order valence-corrected chi connectivity index (χ4v) is 3.70. The molecule has 5 heteroatoms. The summed E-state index contributed by atoms with van der Waals surface area (Å²) in [5.74, 6) is 1.10. The lowest BCUT2D eigenvalue weighted by Gasteiger charge is -2.21. The maximum absolute atomic E-state index is 11.8. The molecule has 0 saturated heterocycles. The number of carbonyl (C=O) groups is 1. The van der Waals surface area contributed by atoms with Gasteiger partial charge in [0.05, 0.1) is 0 Å². The Morgan fingerprint density at radius 1 is 1.41 bits per heavy atom. The Morgan fingerprint density at radius 3 is 2.82 bits per heavy atom. The van der Waals surface area contributed by atoms with Crippen LogP contribution in [-0.4, -0.2) is 41.6 Å². The molecule has 0 aromatic rings. The molecule has 1 aliphatic rings. The minimum absolute atomic E-state index is 0.00422. The Hall–Kier alpha value is -0.0300. The summed E-state index contributed by atoms with van der Waals surface area (Å²) in [5, 5.41) is 6.72. The van der Waals surface area contributed by atoms with Crippen molar-refractivity contribution in [2.24, 2.45) is 0 Å². The molecule has 0 aromatic heterocycles. The van der Waals surface area contributed by atoms with Crippen molar-refractivity contribution in [3.05, 3.63) is 0 Å². The van der Waals surface area contributed by atoms with E-state index in [1.54, 1.807) is 0 Å². The van der Waals surface area contributed by atoms with Gasteiger partial charge in [0.1, 0.15) is 0 Å². The smallest absolute Gasteiger partial charge is 0.315 e. The van der Waals surface area contributed by atoms with E-state index in [1.165, 1.54) is 12.8 Å². The number of nitrogens with one attached hydrogen (secondary N) is 2. The second kappa shape index (κ2) is 8.14. The molecule has 3 atom stereocenters. The van der Waals surface area contributed by atoms with E-state index in [1.807, 2.05) is 23.5 Å². The summed E-state index contributed by atoms with van der Waals surface area (Å²) in [6.45, 7) is 2.07. The standard InChI is InChI=1S/C12H24N2OS2/c1-9(7-8-16-2)13-12(15)14-10-5-4-6-11(10)17-3/h9-11H,4-8H2,1-3H3,(H2,13,14,15). The summed E-state index contributed by atoms with van der Waals surface area (Å²) in [6.07, 6.45) is 8.84. The Morgan fingerprint density at radius 2 is 2.18 bits per heavy atom. The van der Waals surface area contributed by atoms with Crippen LogP contribution in [0.1, 0.15) is 32.6 Å². The fraction of sp³-hybridized carbons (Fsp3) is 0.917. The summed E-state index contributed by atoms with van der Waals surface area (Å²) in [5.41, 5.74) is 0. The van der Waals surface area contributed by atoms with E-state index in [-0.39, 0.29) is 12.1 Å². The average Bonchev–Trinajstić information content (AvgIpc) is 2.73. The first-order valence-corrected chi connectivity index (χ1v) is 8.94. The van der Waals surface area contributed by atoms with Crippen LogP contribution in [0.15, 0.2) is 0 Å². The van der Waals surface area contributed by atoms with Gasteiger partial charge in [-0.15, -0.1) is 0 Å². The lowest BCUT2D eigenvalue weighted by Crippen LogP contribution is -2.47. The molecule has 2 amide bonds. The fourth-order valence-electron chi connectivity index (χ4n) is 2.17. The summed E-state index contributed by atoms with van der Waals surface area (Å²) >= 11 is 3.69. The first-order chi connectivity index (χ1) is 8.17. The van der Waals surface area contributed by atoms with Crippen molar-refractivity contribution in [1.82, 2.24) is 10.6 Å². The molecule has 0 aliphatic heterocycles. The second-order valence-corrected chi connectivity index (χ2v) is 6.67. The van der Waals surface area contributed by atoms with Gasteiger partial charge < -0.3 is 10.6 Å². The van der Waals surface area contributed by atoms with Crippen LogP contribution >= 0.6 is 23.5 Å². The molecule has 1 rings (SSSR count). The van der Waals surface area contributed by atoms with Crippen LogP contribution < -0.4 is 10.6 Å². The third-order valence-electron chi connectivity index (χ3n) is 3.20. The molecule has 3 unspecified atom stereocenters. The van der Waals surface area contributed by atoms with Gasteiger partial charge in [-0.2, -0.15) is 23.5 Å². The maximum Gasteiger partial charge on any atom is 0.315 e. The minimum atomic E-state index is 0.00422. The summed E-state index contributed by atoms with van der Waals surface area (Å²) in [6, 6.07) is 0.624. The van der Waals surface area contributed by atoms with Crippen molar-refractivity contribution in [2.45, 2.75) is 49.9 Å². The van der Waals surface area contributed by atoms with Gasteiger partial charge in [-0.1, -0.05) is 6.42 Å². The van der Waals surface area contributed by atoms with Crippen molar-refractivity contribution in [3.8, 4) is 0 Å². The largest absolute Gasteiger partial charge is 0.336 e. The molecular formula is C12H24N2OS2. The molecule has 1 saturated carbocycles. The molecule has 100 valence electrons. The van der Waals surface area contributed by atoms with E-state index < -0.39 is 0 Å². The molecule has 0 radical (unpaired) electrons. The maximum atomic E-state index is 11.8. The van der Waals surface area contributed by atoms with Crippen molar-refractivity contribution in [2.75, 3.05) is 18.3 Å². The van der Waals surface area contributed by atoms with Crippen LogP contribution in [-0.2, 0) is 0 Å². The lowest BCUT2D eigenvalue weighted by atomic mass is 10.2. The molecule has 1 aliphatic carbocycles. The van der Waals surface area contributed by atoms with E-state index >= 15 is 0 Å². The SMILES string of the molecule is CSCCC(C)NC(=O)NC1CCCC1SC.